The zero-order valence-electron chi connectivity index (χ0n) is 7.32. The van der Waals surface area contributed by atoms with Crippen molar-refractivity contribution < 1.29 is 9.59 Å². The lowest BCUT2D eigenvalue weighted by molar-refractivity contribution is -0.112. The van der Waals surface area contributed by atoms with Crippen LogP contribution in [0.1, 0.15) is 19.8 Å². The molecule has 0 spiro atoms. The van der Waals surface area contributed by atoms with Gasteiger partial charge in [0.25, 0.3) is 0 Å². The highest BCUT2D eigenvalue weighted by Crippen LogP contribution is 2.38. The van der Waals surface area contributed by atoms with E-state index < -0.39 is 0 Å². The van der Waals surface area contributed by atoms with Crippen LogP contribution in [0.4, 0.5) is 0 Å². The number of aldehydes is 2. The van der Waals surface area contributed by atoms with Crippen molar-refractivity contribution in [1.29, 1.82) is 0 Å². The minimum absolute atomic E-state index is 0.0164. The fourth-order valence-electron chi connectivity index (χ4n) is 1.97. The fourth-order valence-corrected chi connectivity index (χ4v) is 1.97. The monoisotopic (exact) mass is 166 g/mol. The van der Waals surface area contributed by atoms with Crippen molar-refractivity contribution in [2.24, 2.45) is 17.8 Å². The second-order valence-corrected chi connectivity index (χ2v) is 3.57. The maximum absolute atomic E-state index is 10.7. The van der Waals surface area contributed by atoms with Gasteiger partial charge in [0, 0.05) is 5.92 Å². The number of carbonyl (C=O) groups is 2. The van der Waals surface area contributed by atoms with E-state index in [2.05, 4.69) is 13.5 Å². The van der Waals surface area contributed by atoms with E-state index in [1.807, 2.05) is 0 Å². The second kappa shape index (κ2) is 3.65. The Morgan fingerprint density at radius 3 is 2.58 bits per heavy atom. The molecule has 3 atom stereocenters. The minimum atomic E-state index is 0.0164. The molecule has 0 aromatic rings. The summed E-state index contributed by atoms with van der Waals surface area (Å²) in [7, 11) is 0. The van der Waals surface area contributed by atoms with Crippen LogP contribution in [-0.2, 0) is 9.59 Å². The van der Waals surface area contributed by atoms with Gasteiger partial charge in [-0.25, -0.2) is 0 Å². The molecule has 1 aliphatic rings. The molecule has 2 heteroatoms. The van der Waals surface area contributed by atoms with Crippen molar-refractivity contribution in [3.63, 3.8) is 0 Å². The SMILES string of the molecule is C=C(C=O)C1CC[C@@H](C)C1C=O. The van der Waals surface area contributed by atoms with Gasteiger partial charge in [-0.05, 0) is 30.3 Å². The standard InChI is InChI=1S/C10H14O2/c1-7-3-4-9(8(2)5-11)10(7)6-12/h5-7,9-10H,2-4H2,1H3/t7-,9?,10?/m1/s1. The summed E-state index contributed by atoms with van der Waals surface area (Å²) in [5.74, 6) is 0.530. The minimum Gasteiger partial charge on any atom is -0.303 e. The number of hydrogen-bond donors (Lipinski definition) is 0. The Labute approximate surface area is 72.7 Å². The average Bonchev–Trinajstić information content (AvgIpc) is 2.45. The van der Waals surface area contributed by atoms with Crippen molar-refractivity contribution in [2.45, 2.75) is 19.8 Å². The highest BCUT2D eigenvalue weighted by atomic mass is 16.1. The molecule has 0 aromatic heterocycles. The summed E-state index contributed by atoms with van der Waals surface area (Å²) in [5.41, 5.74) is 0.580. The Morgan fingerprint density at radius 1 is 1.42 bits per heavy atom. The van der Waals surface area contributed by atoms with E-state index in [9.17, 15) is 9.59 Å². The molecule has 0 aromatic carbocycles. The first-order valence-electron chi connectivity index (χ1n) is 4.30. The third-order valence-electron chi connectivity index (χ3n) is 2.84. The third-order valence-corrected chi connectivity index (χ3v) is 2.84. The average molecular weight is 166 g/mol. The fraction of sp³-hybridized carbons (Fsp3) is 0.600. The highest BCUT2D eigenvalue weighted by Gasteiger charge is 2.34. The molecule has 0 aliphatic heterocycles. The Hall–Kier alpha value is -0.920. The molecule has 1 aliphatic carbocycles. The Kier molecular flexibility index (Phi) is 2.79. The molecule has 66 valence electrons. The summed E-state index contributed by atoms with van der Waals surface area (Å²) in [6, 6.07) is 0. The van der Waals surface area contributed by atoms with E-state index in [1.54, 1.807) is 0 Å². The third kappa shape index (κ3) is 1.47. The molecular formula is C10H14O2. The van der Waals surface area contributed by atoms with Crippen molar-refractivity contribution >= 4 is 12.6 Å². The van der Waals surface area contributed by atoms with Gasteiger partial charge in [-0.2, -0.15) is 0 Å². The van der Waals surface area contributed by atoms with Crippen LogP contribution in [0.15, 0.2) is 12.2 Å². The van der Waals surface area contributed by atoms with Crippen molar-refractivity contribution in [3.05, 3.63) is 12.2 Å². The zero-order chi connectivity index (χ0) is 9.14. The molecule has 0 amide bonds. The van der Waals surface area contributed by atoms with Gasteiger partial charge in [-0.1, -0.05) is 13.5 Å². The summed E-state index contributed by atoms with van der Waals surface area (Å²) >= 11 is 0. The van der Waals surface area contributed by atoms with Crippen molar-refractivity contribution in [2.75, 3.05) is 0 Å². The topological polar surface area (TPSA) is 34.1 Å². The molecule has 0 saturated heterocycles. The lowest BCUT2D eigenvalue weighted by Crippen LogP contribution is -2.16. The van der Waals surface area contributed by atoms with Gasteiger partial charge < -0.3 is 4.79 Å². The normalized spacial score (nSPS) is 34.6. The van der Waals surface area contributed by atoms with Crippen LogP contribution >= 0.6 is 0 Å². The maximum Gasteiger partial charge on any atom is 0.145 e. The molecule has 0 radical (unpaired) electrons. The van der Waals surface area contributed by atoms with Crippen molar-refractivity contribution in [1.82, 2.24) is 0 Å². The second-order valence-electron chi connectivity index (χ2n) is 3.57. The first kappa shape index (κ1) is 9.17. The summed E-state index contributed by atoms with van der Waals surface area (Å²) in [6.07, 6.45) is 3.71. The lowest BCUT2D eigenvalue weighted by atomic mass is 9.87. The summed E-state index contributed by atoms with van der Waals surface area (Å²) < 4.78 is 0. The Morgan fingerprint density at radius 2 is 2.08 bits per heavy atom. The van der Waals surface area contributed by atoms with Gasteiger partial charge in [0.15, 0.2) is 0 Å². The van der Waals surface area contributed by atoms with Crippen LogP contribution in [0.25, 0.3) is 0 Å². The predicted octanol–water partition coefficient (Wildman–Crippen LogP) is 1.60. The van der Waals surface area contributed by atoms with Crippen LogP contribution in [0.5, 0.6) is 0 Å². The van der Waals surface area contributed by atoms with Gasteiger partial charge in [-0.15, -0.1) is 0 Å². The smallest absolute Gasteiger partial charge is 0.145 e. The molecule has 2 unspecified atom stereocenters. The van der Waals surface area contributed by atoms with Crippen LogP contribution in [0.2, 0.25) is 0 Å². The predicted molar refractivity (Wildman–Crippen MR) is 46.6 cm³/mol. The van der Waals surface area contributed by atoms with Gasteiger partial charge in [0.2, 0.25) is 0 Å². The molecule has 0 bridgehead atoms. The van der Waals surface area contributed by atoms with E-state index >= 15 is 0 Å². The van der Waals surface area contributed by atoms with E-state index in [0.29, 0.717) is 11.5 Å². The molecule has 0 N–H and O–H groups in total. The lowest BCUT2D eigenvalue weighted by Gasteiger charge is -2.15. The van der Waals surface area contributed by atoms with Crippen LogP contribution in [0.3, 0.4) is 0 Å². The first-order valence-corrected chi connectivity index (χ1v) is 4.30. The van der Waals surface area contributed by atoms with E-state index in [1.165, 1.54) is 0 Å². The molecule has 0 heterocycles. The van der Waals surface area contributed by atoms with Crippen molar-refractivity contribution in [3.8, 4) is 0 Å². The molecule has 1 fully saturated rings. The Bertz CT molecular complexity index is 208. The molecule has 2 nitrogen and oxygen atoms in total. The van der Waals surface area contributed by atoms with Gasteiger partial charge >= 0.3 is 0 Å². The van der Waals surface area contributed by atoms with Crippen LogP contribution in [0, 0.1) is 17.8 Å². The van der Waals surface area contributed by atoms with E-state index in [-0.39, 0.29) is 11.8 Å². The maximum atomic E-state index is 10.7. The van der Waals surface area contributed by atoms with Gasteiger partial charge in [-0.3, -0.25) is 4.79 Å². The number of allylic oxidation sites excluding steroid dienone is 1. The van der Waals surface area contributed by atoms with Gasteiger partial charge in [0.1, 0.15) is 12.6 Å². The first-order chi connectivity index (χ1) is 5.70. The largest absolute Gasteiger partial charge is 0.303 e. The molecular weight excluding hydrogens is 152 g/mol. The molecule has 12 heavy (non-hydrogen) atoms. The quantitative estimate of drug-likeness (QED) is 0.471. The van der Waals surface area contributed by atoms with E-state index in [4.69, 9.17) is 0 Å². The molecule has 1 rings (SSSR count). The van der Waals surface area contributed by atoms with Crippen LogP contribution < -0.4 is 0 Å². The van der Waals surface area contributed by atoms with E-state index in [0.717, 1.165) is 25.4 Å². The highest BCUT2D eigenvalue weighted by molar-refractivity contribution is 5.74. The number of carbonyl (C=O) groups excluding carboxylic acids is 2. The summed E-state index contributed by atoms with van der Waals surface area (Å²) in [5, 5.41) is 0. The zero-order valence-corrected chi connectivity index (χ0v) is 7.32. The Balaban J connectivity index is 2.72. The van der Waals surface area contributed by atoms with Crippen LogP contribution in [-0.4, -0.2) is 12.6 Å². The summed E-state index contributed by atoms with van der Waals surface area (Å²) in [4.78, 5) is 21.1. The molecule has 1 saturated carbocycles. The van der Waals surface area contributed by atoms with Gasteiger partial charge in [0.05, 0.1) is 0 Å². The number of hydrogen-bond acceptors (Lipinski definition) is 2. The summed E-state index contributed by atoms with van der Waals surface area (Å²) in [6.45, 7) is 5.71. The number of rotatable bonds is 3.